The van der Waals surface area contributed by atoms with Gasteiger partial charge in [-0.25, -0.2) is 9.18 Å². The van der Waals surface area contributed by atoms with Crippen molar-refractivity contribution in [3.8, 4) is 28.6 Å². The van der Waals surface area contributed by atoms with Crippen molar-refractivity contribution in [1.29, 1.82) is 5.26 Å². The van der Waals surface area contributed by atoms with Crippen LogP contribution in [0.2, 0.25) is 0 Å². The standard InChI is InChI=1S/C31H29FN4O5/c1-6-36(17-33)24-16-25-23(26(29(38)34-4)27(41-25)18-10-12-21(32)13-11-18)15-22(24)19-8-7-9-20(14-19)28(37)35-31(2,3)30(39)40-5/h7-16H,6H2,1-5H3,(H,34,38)(H,35,37). The Balaban J connectivity index is 1.93. The van der Waals surface area contributed by atoms with Gasteiger partial charge in [0.1, 0.15) is 22.7 Å². The highest BCUT2D eigenvalue weighted by Crippen LogP contribution is 2.41. The van der Waals surface area contributed by atoms with E-state index in [0.717, 1.165) is 0 Å². The van der Waals surface area contributed by atoms with E-state index >= 15 is 0 Å². The second-order valence-electron chi connectivity index (χ2n) is 9.75. The van der Waals surface area contributed by atoms with Crippen molar-refractivity contribution in [1.82, 2.24) is 10.6 Å². The van der Waals surface area contributed by atoms with Gasteiger partial charge in [-0.2, -0.15) is 5.26 Å². The lowest BCUT2D eigenvalue weighted by Gasteiger charge is -2.23. The van der Waals surface area contributed by atoms with Gasteiger partial charge in [-0.15, -0.1) is 0 Å². The molecule has 2 N–H and O–H groups in total. The number of benzene rings is 3. The first-order chi connectivity index (χ1) is 19.5. The van der Waals surface area contributed by atoms with E-state index in [1.54, 1.807) is 36.4 Å². The largest absolute Gasteiger partial charge is 0.467 e. The Hall–Kier alpha value is -5.17. The lowest BCUT2D eigenvalue weighted by atomic mass is 9.96. The first-order valence-corrected chi connectivity index (χ1v) is 12.8. The number of furan rings is 1. The number of hydrogen-bond donors (Lipinski definition) is 2. The van der Waals surface area contributed by atoms with Crippen LogP contribution in [0.4, 0.5) is 10.1 Å². The Labute approximate surface area is 236 Å². The molecule has 0 spiro atoms. The molecule has 1 aromatic heterocycles. The highest BCUT2D eigenvalue weighted by atomic mass is 19.1. The first kappa shape index (κ1) is 28.8. The number of fused-ring (bicyclic) bond motifs is 1. The molecule has 3 aromatic carbocycles. The number of carbonyl (C=O) groups is 3. The van der Waals surface area contributed by atoms with Crippen LogP contribution in [-0.2, 0) is 9.53 Å². The molecule has 10 heteroatoms. The summed E-state index contributed by atoms with van der Waals surface area (Å²) in [5, 5.41) is 15.7. The van der Waals surface area contributed by atoms with Gasteiger partial charge in [-0.3, -0.25) is 14.5 Å². The number of hydrogen-bond acceptors (Lipinski definition) is 7. The van der Waals surface area contributed by atoms with Crippen LogP contribution < -0.4 is 15.5 Å². The quantitative estimate of drug-likeness (QED) is 0.172. The van der Waals surface area contributed by atoms with E-state index in [-0.39, 0.29) is 16.9 Å². The molecule has 2 amide bonds. The number of nitriles is 1. The molecular formula is C31H29FN4O5. The van der Waals surface area contributed by atoms with Crippen molar-refractivity contribution in [3.05, 3.63) is 77.6 Å². The predicted molar refractivity (Wildman–Crippen MR) is 153 cm³/mol. The maximum absolute atomic E-state index is 13.6. The highest BCUT2D eigenvalue weighted by molar-refractivity contribution is 6.13. The fourth-order valence-electron chi connectivity index (χ4n) is 4.53. The fourth-order valence-corrected chi connectivity index (χ4v) is 4.53. The number of esters is 1. The Bertz CT molecular complexity index is 1690. The normalized spacial score (nSPS) is 11.0. The Kier molecular flexibility index (Phi) is 8.10. The third kappa shape index (κ3) is 5.61. The molecule has 1 heterocycles. The van der Waals surface area contributed by atoms with Gasteiger partial charge in [0.15, 0.2) is 6.19 Å². The summed E-state index contributed by atoms with van der Waals surface area (Å²) < 4.78 is 24.6. The summed E-state index contributed by atoms with van der Waals surface area (Å²) in [5.41, 5.74) is 1.77. The van der Waals surface area contributed by atoms with Crippen molar-refractivity contribution >= 4 is 34.4 Å². The van der Waals surface area contributed by atoms with Crippen LogP contribution in [0, 0.1) is 17.3 Å². The van der Waals surface area contributed by atoms with Crippen molar-refractivity contribution in [3.63, 3.8) is 0 Å². The van der Waals surface area contributed by atoms with E-state index in [2.05, 4.69) is 16.8 Å². The number of carbonyl (C=O) groups excluding carboxylic acids is 3. The van der Waals surface area contributed by atoms with Crippen molar-refractivity contribution in [2.75, 3.05) is 25.6 Å². The number of ether oxygens (including phenoxy) is 1. The molecule has 0 aliphatic carbocycles. The van der Waals surface area contributed by atoms with Gasteiger partial charge < -0.3 is 19.8 Å². The van der Waals surface area contributed by atoms with Gasteiger partial charge in [0.2, 0.25) is 0 Å². The van der Waals surface area contributed by atoms with E-state index in [1.807, 2.05) is 6.92 Å². The zero-order chi connectivity index (χ0) is 29.9. The van der Waals surface area contributed by atoms with E-state index in [4.69, 9.17) is 9.15 Å². The molecule has 0 fully saturated rings. The van der Waals surface area contributed by atoms with Crippen LogP contribution in [0.25, 0.3) is 33.4 Å². The maximum atomic E-state index is 13.6. The number of rotatable bonds is 8. The SMILES string of the molecule is CCN(C#N)c1cc2oc(-c3ccc(F)cc3)c(C(=O)NC)c2cc1-c1cccc(C(=O)NC(C)(C)C(=O)OC)c1. The summed E-state index contributed by atoms with van der Waals surface area (Å²) in [6.45, 7) is 5.24. The average Bonchev–Trinajstić information content (AvgIpc) is 3.35. The van der Waals surface area contributed by atoms with Gasteiger partial charge in [0.25, 0.3) is 11.8 Å². The van der Waals surface area contributed by atoms with Crippen LogP contribution in [0.3, 0.4) is 0 Å². The summed E-state index contributed by atoms with van der Waals surface area (Å²) >= 11 is 0. The van der Waals surface area contributed by atoms with Gasteiger partial charge in [0, 0.05) is 41.7 Å². The molecule has 0 aliphatic rings. The molecule has 0 radical (unpaired) electrons. The molecular weight excluding hydrogens is 527 g/mol. The molecule has 0 saturated heterocycles. The molecule has 0 bridgehead atoms. The number of nitrogens with one attached hydrogen (secondary N) is 2. The third-order valence-electron chi connectivity index (χ3n) is 6.65. The zero-order valence-electron chi connectivity index (χ0n) is 23.3. The van der Waals surface area contributed by atoms with E-state index in [1.165, 1.54) is 57.2 Å². The number of nitrogens with zero attached hydrogens (tertiary/aromatic N) is 2. The third-order valence-corrected chi connectivity index (χ3v) is 6.65. The minimum Gasteiger partial charge on any atom is -0.467 e. The van der Waals surface area contributed by atoms with Crippen LogP contribution in [-0.4, -0.2) is 44.0 Å². The van der Waals surface area contributed by atoms with Gasteiger partial charge in [-0.05, 0) is 68.8 Å². The summed E-state index contributed by atoms with van der Waals surface area (Å²) in [5.74, 6) is -1.68. The predicted octanol–water partition coefficient (Wildman–Crippen LogP) is 5.25. The van der Waals surface area contributed by atoms with Crippen LogP contribution in [0.5, 0.6) is 0 Å². The summed E-state index contributed by atoms with van der Waals surface area (Å²) in [4.78, 5) is 39.7. The van der Waals surface area contributed by atoms with E-state index in [9.17, 15) is 24.0 Å². The molecule has 210 valence electrons. The molecule has 0 atom stereocenters. The van der Waals surface area contributed by atoms with Crippen LogP contribution in [0.1, 0.15) is 41.5 Å². The molecule has 0 aliphatic heterocycles. The number of halogens is 1. The lowest BCUT2D eigenvalue weighted by Crippen LogP contribution is -2.50. The fraction of sp³-hybridized carbons (Fsp3) is 0.226. The van der Waals surface area contributed by atoms with Crippen LogP contribution in [0.15, 0.2) is 65.1 Å². The number of methoxy groups -OCH3 is 1. The van der Waals surface area contributed by atoms with Crippen molar-refractivity contribution in [2.45, 2.75) is 26.3 Å². The summed E-state index contributed by atoms with van der Waals surface area (Å²) in [7, 11) is 2.74. The van der Waals surface area contributed by atoms with Crippen molar-refractivity contribution in [2.24, 2.45) is 0 Å². The lowest BCUT2D eigenvalue weighted by molar-refractivity contribution is -0.146. The molecule has 0 unspecified atom stereocenters. The highest BCUT2D eigenvalue weighted by Gasteiger charge is 2.31. The Morgan fingerprint density at radius 1 is 1.05 bits per heavy atom. The number of amides is 2. The van der Waals surface area contributed by atoms with Crippen molar-refractivity contribution < 1.29 is 27.9 Å². The summed E-state index contributed by atoms with van der Waals surface area (Å²) in [6.07, 6.45) is 2.16. The Morgan fingerprint density at radius 2 is 1.76 bits per heavy atom. The van der Waals surface area contributed by atoms with Gasteiger partial charge in [0.05, 0.1) is 18.4 Å². The number of anilines is 1. The monoisotopic (exact) mass is 556 g/mol. The average molecular weight is 557 g/mol. The first-order valence-electron chi connectivity index (χ1n) is 12.8. The van der Waals surface area contributed by atoms with E-state index in [0.29, 0.717) is 39.9 Å². The van der Waals surface area contributed by atoms with Crippen LogP contribution >= 0.6 is 0 Å². The summed E-state index contributed by atoms with van der Waals surface area (Å²) in [6, 6.07) is 15.7. The van der Waals surface area contributed by atoms with E-state index < -0.39 is 29.1 Å². The molecule has 9 nitrogen and oxygen atoms in total. The smallest absolute Gasteiger partial charge is 0.330 e. The zero-order valence-corrected chi connectivity index (χ0v) is 23.3. The van der Waals surface area contributed by atoms with Gasteiger partial charge in [-0.1, -0.05) is 12.1 Å². The minimum absolute atomic E-state index is 0.246. The second kappa shape index (κ2) is 11.5. The van der Waals surface area contributed by atoms with Gasteiger partial charge >= 0.3 is 5.97 Å². The second-order valence-corrected chi connectivity index (χ2v) is 9.75. The minimum atomic E-state index is -1.26. The molecule has 4 aromatic rings. The topological polar surface area (TPSA) is 125 Å². The molecule has 41 heavy (non-hydrogen) atoms. The Morgan fingerprint density at radius 3 is 2.37 bits per heavy atom. The maximum Gasteiger partial charge on any atom is 0.330 e. The molecule has 0 saturated carbocycles. The molecule has 4 rings (SSSR count).